The third-order valence-electron chi connectivity index (χ3n) is 1.36. The van der Waals surface area contributed by atoms with E-state index in [1.807, 2.05) is 0 Å². The van der Waals surface area contributed by atoms with Gasteiger partial charge < -0.3 is 5.73 Å². The van der Waals surface area contributed by atoms with Crippen molar-refractivity contribution in [1.82, 2.24) is 0 Å². The first-order valence-electron chi connectivity index (χ1n) is 2.96. The van der Waals surface area contributed by atoms with Gasteiger partial charge in [-0.15, -0.1) is 0 Å². The van der Waals surface area contributed by atoms with E-state index >= 15 is 0 Å². The number of nitrogen functional groups attached to an aromatic ring is 1. The van der Waals surface area contributed by atoms with E-state index < -0.39 is 0 Å². The molecule has 1 aromatic rings. The number of rotatable bonds is 1. The molecule has 12 heavy (non-hydrogen) atoms. The third-order valence-corrected chi connectivity index (χ3v) is 3.06. The Bertz CT molecular complexity index is 314. The monoisotopic (exact) mass is 267 g/mol. The van der Waals surface area contributed by atoms with Crippen molar-refractivity contribution in [3.05, 3.63) is 26.1 Å². The van der Waals surface area contributed by atoms with Gasteiger partial charge in [-0.3, -0.25) is 4.79 Å². The molecule has 64 valence electrons. The zero-order valence-corrected chi connectivity index (χ0v) is 8.87. The van der Waals surface area contributed by atoms with Crippen LogP contribution in [-0.2, 0) is 0 Å². The number of halogens is 3. The Morgan fingerprint density at radius 3 is 2.50 bits per heavy atom. The lowest BCUT2D eigenvalue weighted by Crippen LogP contribution is -1.95. The maximum Gasteiger partial charge on any atom is 0.153 e. The maximum atomic E-state index is 10.5. The summed E-state index contributed by atoms with van der Waals surface area (Å²) in [5.74, 6) is 0. The molecule has 0 spiro atoms. The molecule has 0 bridgehead atoms. The largest absolute Gasteiger partial charge is 0.397 e. The van der Waals surface area contributed by atoms with Crippen molar-refractivity contribution in [2.45, 2.75) is 0 Å². The van der Waals surface area contributed by atoms with Crippen molar-refractivity contribution in [3.8, 4) is 0 Å². The van der Waals surface area contributed by atoms with Crippen LogP contribution in [0.3, 0.4) is 0 Å². The topological polar surface area (TPSA) is 43.1 Å². The highest BCUT2D eigenvalue weighted by atomic mass is 79.9. The summed E-state index contributed by atoms with van der Waals surface area (Å²) in [6.45, 7) is 0. The van der Waals surface area contributed by atoms with Gasteiger partial charge in [-0.2, -0.15) is 0 Å². The first kappa shape index (κ1) is 9.84. The van der Waals surface area contributed by atoms with E-state index in [2.05, 4.69) is 15.9 Å². The number of carbonyl (C=O) groups excluding carboxylic acids is 1. The number of nitrogens with two attached hydrogens (primary N) is 1. The smallest absolute Gasteiger partial charge is 0.153 e. The summed E-state index contributed by atoms with van der Waals surface area (Å²) in [5.41, 5.74) is 6.03. The van der Waals surface area contributed by atoms with Gasteiger partial charge in [0, 0.05) is 4.47 Å². The summed E-state index contributed by atoms with van der Waals surface area (Å²) in [5, 5.41) is 0.654. The predicted octanol–water partition coefficient (Wildman–Crippen LogP) is 3.15. The molecule has 1 aromatic carbocycles. The number of hydrogen-bond acceptors (Lipinski definition) is 2. The molecule has 0 heterocycles. The Labute approximate surface area is 87.8 Å². The average molecular weight is 269 g/mol. The Balaban J connectivity index is 3.52. The molecule has 0 fully saturated rings. The lowest BCUT2D eigenvalue weighted by molar-refractivity contribution is 0.112. The van der Waals surface area contributed by atoms with Crippen LogP contribution in [0.5, 0.6) is 0 Å². The van der Waals surface area contributed by atoms with E-state index in [1.54, 1.807) is 0 Å². The summed E-state index contributed by atoms with van der Waals surface area (Å²) in [6, 6.07) is 1.48. The van der Waals surface area contributed by atoms with Crippen LogP contribution < -0.4 is 5.73 Å². The van der Waals surface area contributed by atoms with Crippen LogP contribution in [0, 0.1) is 0 Å². The third kappa shape index (κ3) is 1.58. The highest BCUT2D eigenvalue weighted by Crippen LogP contribution is 2.34. The second kappa shape index (κ2) is 3.64. The molecule has 5 heteroatoms. The van der Waals surface area contributed by atoms with E-state index in [0.29, 0.717) is 15.8 Å². The van der Waals surface area contributed by atoms with E-state index in [-0.39, 0.29) is 16.3 Å². The van der Waals surface area contributed by atoms with Gasteiger partial charge in [-0.25, -0.2) is 0 Å². The van der Waals surface area contributed by atoms with Gasteiger partial charge in [0.15, 0.2) is 6.29 Å². The molecule has 0 saturated heterocycles. The SMILES string of the molecule is Nc1c(Cl)cc(Cl)c(Br)c1C=O. The fourth-order valence-electron chi connectivity index (χ4n) is 0.743. The Morgan fingerprint density at radius 2 is 2.00 bits per heavy atom. The molecule has 0 amide bonds. The lowest BCUT2D eigenvalue weighted by Gasteiger charge is -2.05. The van der Waals surface area contributed by atoms with Gasteiger partial charge in [-0.1, -0.05) is 23.2 Å². The summed E-state index contributed by atoms with van der Waals surface area (Å²) in [4.78, 5) is 10.5. The van der Waals surface area contributed by atoms with Gasteiger partial charge in [-0.05, 0) is 22.0 Å². The molecule has 1 rings (SSSR count). The first-order chi connectivity index (χ1) is 5.57. The minimum Gasteiger partial charge on any atom is -0.397 e. The lowest BCUT2D eigenvalue weighted by atomic mass is 10.2. The van der Waals surface area contributed by atoms with Crippen molar-refractivity contribution in [2.75, 3.05) is 5.73 Å². The molecule has 0 aromatic heterocycles. The minimum atomic E-state index is 0.239. The fraction of sp³-hybridized carbons (Fsp3) is 0. The van der Waals surface area contributed by atoms with Crippen molar-refractivity contribution >= 4 is 51.1 Å². The quantitative estimate of drug-likeness (QED) is 0.483. The zero-order chi connectivity index (χ0) is 9.30. The van der Waals surface area contributed by atoms with Crippen LogP contribution in [0.15, 0.2) is 10.5 Å². The molecular formula is C7H4BrCl2NO. The Kier molecular flexibility index (Phi) is 2.99. The van der Waals surface area contributed by atoms with E-state index in [4.69, 9.17) is 28.9 Å². The van der Waals surface area contributed by atoms with Crippen LogP contribution in [-0.4, -0.2) is 6.29 Å². The average Bonchev–Trinajstić information content (AvgIpc) is 2.02. The maximum absolute atomic E-state index is 10.5. The molecule has 0 aliphatic heterocycles. The van der Waals surface area contributed by atoms with Crippen molar-refractivity contribution < 1.29 is 4.79 Å². The molecule has 0 aliphatic rings. The molecular weight excluding hydrogens is 265 g/mol. The number of benzene rings is 1. The summed E-state index contributed by atoms with van der Waals surface area (Å²) in [7, 11) is 0. The number of anilines is 1. The van der Waals surface area contributed by atoms with Crippen LogP contribution in [0.25, 0.3) is 0 Å². The second-order valence-electron chi connectivity index (χ2n) is 2.10. The molecule has 2 N–H and O–H groups in total. The fourth-order valence-corrected chi connectivity index (χ4v) is 1.64. The van der Waals surface area contributed by atoms with Crippen LogP contribution in [0.2, 0.25) is 10.0 Å². The molecule has 0 radical (unpaired) electrons. The Hall–Kier alpha value is -0.250. The molecule has 0 atom stereocenters. The van der Waals surface area contributed by atoms with Gasteiger partial charge in [0.2, 0.25) is 0 Å². The molecule has 0 aliphatic carbocycles. The molecule has 0 saturated carbocycles. The van der Waals surface area contributed by atoms with Crippen LogP contribution >= 0.6 is 39.1 Å². The number of carbonyl (C=O) groups is 1. The summed E-state index contributed by atoms with van der Waals surface area (Å²) < 4.78 is 0.473. The summed E-state index contributed by atoms with van der Waals surface area (Å²) >= 11 is 14.5. The highest BCUT2D eigenvalue weighted by Gasteiger charge is 2.11. The Morgan fingerprint density at radius 1 is 1.42 bits per heavy atom. The normalized spacial score (nSPS) is 9.92. The van der Waals surface area contributed by atoms with Gasteiger partial charge in [0.25, 0.3) is 0 Å². The van der Waals surface area contributed by atoms with Crippen molar-refractivity contribution in [2.24, 2.45) is 0 Å². The second-order valence-corrected chi connectivity index (χ2v) is 3.71. The van der Waals surface area contributed by atoms with E-state index in [0.717, 1.165) is 0 Å². The standard InChI is InChI=1S/C7H4BrCl2NO/c8-6-3(2-12)7(11)5(10)1-4(6)9/h1-2H,11H2. The van der Waals surface area contributed by atoms with E-state index in [9.17, 15) is 4.79 Å². The van der Waals surface area contributed by atoms with Crippen molar-refractivity contribution in [3.63, 3.8) is 0 Å². The first-order valence-corrected chi connectivity index (χ1v) is 4.51. The highest BCUT2D eigenvalue weighted by molar-refractivity contribution is 9.10. The number of hydrogen-bond donors (Lipinski definition) is 1. The van der Waals surface area contributed by atoms with Gasteiger partial charge in [0.05, 0.1) is 21.3 Å². The van der Waals surface area contributed by atoms with Gasteiger partial charge >= 0.3 is 0 Å². The molecule has 0 unspecified atom stereocenters. The zero-order valence-electron chi connectivity index (χ0n) is 5.77. The van der Waals surface area contributed by atoms with E-state index in [1.165, 1.54) is 6.07 Å². The minimum absolute atomic E-state index is 0.239. The predicted molar refractivity (Wildman–Crippen MR) is 54.0 cm³/mol. The number of aldehydes is 1. The van der Waals surface area contributed by atoms with Crippen molar-refractivity contribution in [1.29, 1.82) is 0 Å². The van der Waals surface area contributed by atoms with Crippen LogP contribution in [0.1, 0.15) is 10.4 Å². The summed E-state index contributed by atoms with van der Waals surface area (Å²) in [6.07, 6.45) is 0.608. The van der Waals surface area contributed by atoms with Gasteiger partial charge in [0.1, 0.15) is 0 Å². The van der Waals surface area contributed by atoms with Crippen LogP contribution in [0.4, 0.5) is 5.69 Å². The molecule has 2 nitrogen and oxygen atoms in total.